The number of nitrogen functional groups attached to an aromatic ring is 3. The van der Waals surface area contributed by atoms with Crippen LogP contribution in [0, 0.1) is 0 Å². The lowest BCUT2D eigenvalue weighted by Crippen LogP contribution is -2.46. The number of methoxy groups -OCH3 is 1. The molecule has 0 amide bonds. The Balaban J connectivity index is 0.932. The van der Waals surface area contributed by atoms with Crippen LogP contribution in [0.2, 0.25) is 0 Å². The number of hydrogen-bond donors (Lipinski definition) is 11. The minimum Gasteiger partial charge on any atom is -0.780 e. The molecule has 0 aliphatic carbocycles. The van der Waals surface area contributed by atoms with Crippen LogP contribution in [0.1, 0.15) is 18.7 Å². The van der Waals surface area contributed by atoms with Gasteiger partial charge in [-0.3, -0.25) is 42.3 Å². The third kappa shape index (κ3) is 12.2. The molecular formula is C32H44N15O23P4S-. The second-order valence-electron chi connectivity index (χ2n) is 16.0. The largest absolute Gasteiger partial charge is 0.780 e. The van der Waals surface area contributed by atoms with Crippen LogP contribution in [-0.2, 0) is 78.2 Å². The zero-order valence-corrected chi connectivity index (χ0v) is 42.5. The summed E-state index contributed by atoms with van der Waals surface area (Å²) in [6.45, 7) is -9.98. The lowest BCUT2D eigenvalue weighted by Gasteiger charge is -2.34. The van der Waals surface area contributed by atoms with E-state index in [-0.39, 0.29) is 51.2 Å². The topological polar surface area (TPSA) is 551 Å². The predicted octanol–water partition coefficient (Wildman–Crippen LogP) is -5.61. The third-order valence-corrected chi connectivity index (χ3v) is 16.7. The van der Waals surface area contributed by atoms with E-state index in [0.717, 1.165) is 28.9 Å². The maximum Gasteiger partial charge on any atom is 0.487 e. The van der Waals surface area contributed by atoms with Crippen molar-refractivity contribution in [3.8, 4) is 0 Å². The van der Waals surface area contributed by atoms with Gasteiger partial charge < -0.3 is 89.7 Å². The molecule has 0 aromatic carbocycles. The zero-order chi connectivity index (χ0) is 54.5. The molecule has 0 radical (unpaired) electrons. The van der Waals surface area contributed by atoms with E-state index >= 15 is 0 Å². The number of nitrogens with one attached hydrogen (secondary N) is 2. The summed E-state index contributed by atoms with van der Waals surface area (Å²) >= 11 is 5.16. The number of aliphatic hydroxyl groups excluding tert-OH is 4. The maximum atomic E-state index is 13.9. The van der Waals surface area contributed by atoms with E-state index in [0.29, 0.717) is 0 Å². The number of rotatable bonds is 23. The van der Waals surface area contributed by atoms with Crippen LogP contribution in [0.3, 0.4) is 0 Å². The molecule has 2 aliphatic heterocycles. The van der Waals surface area contributed by atoms with Gasteiger partial charge in [-0.2, -0.15) is 9.29 Å². The van der Waals surface area contributed by atoms with E-state index in [1.807, 2.05) is 0 Å². The molecule has 8 heterocycles. The maximum absolute atomic E-state index is 13.9. The van der Waals surface area contributed by atoms with Gasteiger partial charge in [-0.1, -0.05) is 16.8 Å². The molecule has 6 unspecified atom stereocenters. The molecule has 6 aromatic heterocycles. The van der Waals surface area contributed by atoms with Gasteiger partial charge in [0.25, 0.3) is 24.9 Å². The van der Waals surface area contributed by atoms with E-state index in [1.54, 1.807) is 0 Å². The van der Waals surface area contributed by atoms with Gasteiger partial charge in [0.1, 0.15) is 67.9 Å². The van der Waals surface area contributed by atoms with Gasteiger partial charge in [-0.15, -0.1) is 0 Å². The Morgan fingerprint density at radius 2 is 1.48 bits per heavy atom. The number of anilines is 3. The van der Waals surface area contributed by atoms with Gasteiger partial charge in [0, 0.05) is 7.11 Å². The number of phosphoric acid groups is 3. The van der Waals surface area contributed by atoms with Crippen molar-refractivity contribution < 1.29 is 104 Å². The lowest BCUT2D eigenvalue weighted by molar-refractivity contribution is -0.746. The highest BCUT2D eigenvalue weighted by Gasteiger charge is 2.51. The van der Waals surface area contributed by atoms with Crippen LogP contribution in [0.15, 0.2) is 34.9 Å². The Morgan fingerprint density at radius 3 is 2.17 bits per heavy atom. The fraction of sp³-hybridized carbons (Fsp3) is 0.531. The van der Waals surface area contributed by atoms with Crippen LogP contribution in [0.25, 0.3) is 33.5 Å². The molecule has 2 fully saturated rings. The average molecular weight is 1160 g/mol. The monoisotopic (exact) mass is 1160 g/mol. The van der Waals surface area contributed by atoms with E-state index in [2.05, 4.69) is 53.0 Å². The number of hydrogen-bond acceptors (Lipinski definition) is 31. The van der Waals surface area contributed by atoms with Crippen molar-refractivity contribution in [2.24, 2.45) is 7.05 Å². The number of aromatic nitrogens is 12. The number of aryl methyl sites for hydroxylation is 1. The van der Waals surface area contributed by atoms with Crippen LogP contribution in [0.5, 0.6) is 0 Å². The van der Waals surface area contributed by atoms with Crippen molar-refractivity contribution in [2.45, 2.75) is 61.4 Å². The van der Waals surface area contributed by atoms with Crippen LogP contribution < -0.4 is 42.7 Å². The molecule has 0 spiro atoms. The van der Waals surface area contributed by atoms with Crippen molar-refractivity contribution in [1.82, 2.24) is 53.6 Å². The quantitative estimate of drug-likeness (QED) is 0.0210. The van der Waals surface area contributed by atoms with Gasteiger partial charge in [-0.25, -0.2) is 37.9 Å². The number of fused-ring (bicyclic) bond motifs is 3. The molecule has 412 valence electrons. The molecule has 43 heteroatoms. The van der Waals surface area contributed by atoms with Crippen molar-refractivity contribution in [1.29, 1.82) is 0 Å². The average Bonchev–Trinajstić information content (AvgIpc) is 4.14. The highest BCUT2D eigenvalue weighted by molar-refractivity contribution is 8.06. The molecule has 0 saturated carbocycles. The first kappa shape index (κ1) is 56.5. The number of aliphatic hydroxyl groups is 4. The Hall–Kier alpha value is -4.73. The van der Waals surface area contributed by atoms with Crippen molar-refractivity contribution in [3.63, 3.8) is 0 Å². The molecule has 6 aromatic rings. The summed E-state index contributed by atoms with van der Waals surface area (Å²) in [6.07, 6.45) is -11.4. The van der Waals surface area contributed by atoms with Crippen LogP contribution in [0.4, 0.5) is 17.7 Å². The van der Waals surface area contributed by atoms with E-state index in [9.17, 15) is 63.3 Å². The second-order valence-corrected chi connectivity index (χ2v) is 23.3. The SMILES string of the molecule is COC1[C@@H](OP([O-])(=S)OC[C@H]2O[C@@H](n3cnc4c(=O)[nH]c(N)nc43)C(O)[C@H]2O)[C@@H](COP(=O)(O)OP(=O)(O)OP(=O)([O-])OC[C@H](CO)O[C@H](CO)[n+]2cn(C)c3c(=O)[nH]c(N)nc32)O[C@H]1n1cnc2c(N)ncnc21. The Labute approximate surface area is 421 Å². The fourth-order valence-electron chi connectivity index (χ4n) is 7.77. The highest BCUT2D eigenvalue weighted by Crippen LogP contribution is 2.66. The van der Waals surface area contributed by atoms with Gasteiger partial charge in [0.2, 0.25) is 17.7 Å². The Morgan fingerprint density at radius 1 is 0.827 bits per heavy atom. The normalized spacial score (nSPS) is 26.3. The Kier molecular flexibility index (Phi) is 16.5. The minimum absolute atomic E-state index is 0.0201. The molecule has 2 aliphatic rings. The fourth-order valence-corrected chi connectivity index (χ4v) is 12.7. The summed E-state index contributed by atoms with van der Waals surface area (Å²) in [6, 6.07) is 0. The molecule has 8 rings (SSSR count). The molecule has 75 heavy (non-hydrogen) atoms. The van der Waals surface area contributed by atoms with Gasteiger partial charge in [0.05, 0.1) is 46.1 Å². The summed E-state index contributed by atoms with van der Waals surface area (Å²) in [4.78, 5) is 101. The first-order valence-electron chi connectivity index (χ1n) is 21.1. The third-order valence-electron chi connectivity index (χ3n) is 11.0. The summed E-state index contributed by atoms with van der Waals surface area (Å²) < 4.78 is 95.4. The summed E-state index contributed by atoms with van der Waals surface area (Å²) in [7, 11) is -15.7. The van der Waals surface area contributed by atoms with Crippen molar-refractivity contribution in [3.05, 3.63) is 46.0 Å². The summed E-state index contributed by atoms with van der Waals surface area (Å²) in [5.74, 6) is -0.678. The standard InChI is InChI=1S/C32H45N15O23P4S/c1-44-11-47(26-18(44)28(53)43-32(35)41-26)15(4-49)65-12(3-48)5-62-71(54,55)69-73(58,59)70-72(56,57)63-7-14-21(22(61-2)30(67-14)45-9-38-16-23(33)36-8-37-24(16)45)68-74(60,75)64-6-13-19(50)20(51)29(66-13)46-10-39-17-25(46)40-31(34)42-27(17)52/h8-15,19-22,29-30,48-51H,3-7H2,1-2H3,(H11-,33,34,35,36,37,40,41,42,43,52,53,54,55,56,57,58,59,60,75)/p-1/t12-,13+,14+,15+,19-,20?,21-,22?,29+,30+,74?/m0/s1. The van der Waals surface area contributed by atoms with Gasteiger partial charge in [-0.05, 0) is 0 Å². The van der Waals surface area contributed by atoms with E-state index in [4.69, 9.17) is 61.5 Å². The number of nitrogens with zero attached hydrogens (tertiary/aromatic N) is 10. The number of nitrogens with two attached hydrogens (primary N) is 3. The van der Waals surface area contributed by atoms with Gasteiger partial charge >= 0.3 is 21.3 Å². The Bertz CT molecular complexity index is 3400. The van der Waals surface area contributed by atoms with Crippen LogP contribution >= 0.6 is 30.2 Å². The minimum atomic E-state index is -6.23. The summed E-state index contributed by atoms with van der Waals surface area (Å²) in [5, 5.41) is 41.8. The van der Waals surface area contributed by atoms with Crippen molar-refractivity contribution in [2.75, 3.05) is 57.3 Å². The number of phosphoric ester groups is 2. The van der Waals surface area contributed by atoms with Crippen LogP contribution in [-0.4, -0.2) is 167 Å². The molecule has 38 nitrogen and oxygen atoms in total. The zero-order valence-electron chi connectivity index (χ0n) is 38.1. The van der Waals surface area contributed by atoms with Crippen molar-refractivity contribution >= 4 is 93.2 Å². The highest BCUT2D eigenvalue weighted by atomic mass is 32.5. The predicted molar refractivity (Wildman–Crippen MR) is 243 cm³/mol. The number of aromatic amines is 2. The van der Waals surface area contributed by atoms with Gasteiger partial charge in [0.15, 0.2) is 41.4 Å². The molecule has 2 saturated heterocycles. The van der Waals surface area contributed by atoms with E-state index in [1.165, 1.54) is 28.8 Å². The molecule has 14 atom stereocenters. The smallest absolute Gasteiger partial charge is 0.487 e. The lowest BCUT2D eigenvalue weighted by atomic mass is 10.1. The molecule has 14 N–H and O–H groups in total. The molecular weight excluding hydrogens is 1120 g/mol. The number of imidazole rings is 3. The summed E-state index contributed by atoms with van der Waals surface area (Å²) in [5.41, 5.74) is 15.6. The second kappa shape index (κ2) is 22.0. The number of ether oxygens (including phenoxy) is 4. The first-order chi connectivity index (χ1) is 35.2. The molecule has 0 bridgehead atoms. The number of H-pyrrole nitrogens is 2. The van der Waals surface area contributed by atoms with E-state index < -0.39 is 136 Å². The first-order valence-corrected chi connectivity index (χ1v) is 28.1.